The van der Waals surface area contributed by atoms with Gasteiger partial charge in [-0.2, -0.15) is 0 Å². The van der Waals surface area contributed by atoms with Gasteiger partial charge in [-0.1, -0.05) is 12.1 Å². The third-order valence-corrected chi connectivity index (χ3v) is 4.32. The summed E-state index contributed by atoms with van der Waals surface area (Å²) < 4.78 is 27.2. The van der Waals surface area contributed by atoms with Crippen molar-refractivity contribution in [3.05, 3.63) is 29.8 Å². The second-order valence-electron chi connectivity index (χ2n) is 7.13. The number of esters is 4. The van der Waals surface area contributed by atoms with E-state index in [1.54, 1.807) is 6.07 Å². The van der Waals surface area contributed by atoms with E-state index in [0.717, 1.165) is 5.56 Å². The number of ether oxygens (including phenoxy) is 5. The minimum Gasteiger partial charge on any atom is -0.463 e. The third kappa shape index (κ3) is 7.25. The summed E-state index contributed by atoms with van der Waals surface area (Å²) in [5.74, 6) is -2.58. The summed E-state index contributed by atoms with van der Waals surface area (Å²) in [5.41, 5.74) is 1.62. The average molecular weight is 437 g/mol. The van der Waals surface area contributed by atoms with Gasteiger partial charge in [-0.3, -0.25) is 19.2 Å². The maximum atomic E-state index is 11.8. The number of rotatable bonds is 7. The Morgan fingerprint density at radius 2 is 1.45 bits per heavy atom. The van der Waals surface area contributed by atoms with Crippen molar-refractivity contribution in [3.63, 3.8) is 0 Å². The molecule has 10 nitrogen and oxygen atoms in total. The molecule has 0 unspecified atom stereocenters. The molecule has 0 saturated carbocycles. The molecule has 0 aromatic heterocycles. The lowest BCUT2D eigenvalue weighted by Crippen LogP contribution is -2.64. The second-order valence-corrected chi connectivity index (χ2v) is 7.13. The van der Waals surface area contributed by atoms with E-state index in [1.807, 2.05) is 25.1 Å². The maximum Gasteiger partial charge on any atom is 0.303 e. The molecule has 0 bridgehead atoms. The van der Waals surface area contributed by atoms with Crippen molar-refractivity contribution in [2.24, 2.45) is 0 Å². The zero-order chi connectivity index (χ0) is 23.1. The van der Waals surface area contributed by atoms with E-state index in [0.29, 0.717) is 5.69 Å². The standard InChI is InChI=1S/C21H27NO9/c1-11-7-6-8-16(9-11)22-21-20(30-15(5)26)19(29-14(4)25)18(28-13(3)24)17(31-21)10-27-12(2)23/h6-9,17-22H,10H2,1-5H3/t17-,18+,19-,20+,21-/m0/s1. The Hall–Kier alpha value is -3.14. The molecule has 0 spiro atoms. The summed E-state index contributed by atoms with van der Waals surface area (Å²) in [4.78, 5) is 46.7. The van der Waals surface area contributed by atoms with Gasteiger partial charge in [0.15, 0.2) is 24.5 Å². The van der Waals surface area contributed by atoms with Crippen LogP contribution >= 0.6 is 0 Å². The molecule has 10 heteroatoms. The highest BCUT2D eigenvalue weighted by Crippen LogP contribution is 2.30. The monoisotopic (exact) mass is 437 g/mol. The molecule has 2 rings (SSSR count). The van der Waals surface area contributed by atoms with Crippen LogP contribution in [0.4, 0.5) is 5.69 Å². The quantitative estimate of drug-likeness (QED) is 0.495. The molecule has 1 aliphatic rings. The fourth-order valence-corrected chi connectivity index (χ4v) is 3.24. The summed E-state index contributed by atoms with van der Waals surface area (Å²) in [6, 6.07) is 7.34. The molecule has 1 aliphatic heterocycles. The van der Waals surface area contributed by atoms with Gasteiger partial charge in [-0.05, 0) is 24.6 Å². The molecule has 1 aromatic rings. The van der Waals surface area contributed by atoms with E-state index in [1.165, 1.54) is 27.7 Å². The number of hydrogen-bond donors (Lipinski definition) is 1. The lowest BCUT2D eigenvalue weighted by atomic mass is 9.97. The molecular weight excluding hydrogens is 410 g/mol. The minimum atomic E-state index is -1.21. The maximum absolute atomic E-state index is 11.8. The topological polar surface area (TPSA) is 126 Å². The second kappa shape index (κ2) is 10.8. The van der Waals surface area contributed by atoms with Gasteiger partial charge in [0.1, 0.15) is 12.7 Å². The summed E-state index contributed by atoms with van der Waals surface area (Å²) in [6.45, 7) is 6.39. The fraction of sp³-hybridized carbons (Fsp3) is 0.524. The molecular formula is C21H27NO9. The number of anilines is 1. The lowest BCUT2D eigenvalue weighted by Gasteiger charge is -2.44. The Morgan fingerprint density at radius 1 is 0.871 bits per heavy atom. The predicted octanol–water partition coefficient (Wildman–Crippen LogP) is 1.49. The van der Waals surface area contributed by atoms with Crippen LogP contribution in [0.1, 0.15) is 33.3 Å². The highest BCUT2D eigenvalue weighted by molar-refractivity contribution is 5.69. The van der Waals surface area contributed by atoms with Crippen LogP contribution in [-0.2, 0) is 42.9 Å². The van der Waals surface area contributed by atoms with Crippen LogP contribution in [0.3, 0.4) is 0 Å². The van der Waals surface area contributed by atoms with Gasteiger partial charge in [0.25, 0.3) is 0 Å². The molecule has 0 aliphatic carbocycles. The normalized spacial score (nSPS) is 25.1. The summed E-state index contributed by atoms with van der Waals surface area (Å²) >= 11 is 0. The van der Waals surface area contributed by atoms with E-state index in [9.17, 15) is 19.2 Å². The van der Waals surface area contributed by atoms with Gasteiger partial charge >= 0.3 is 23.9 Å². The highest BCUT2D eigenvalue weighted by atomic mass is 16.7. The van der Waals surface area contributed by atoms with E-state index >= 15 is 0 Å². The molecule has 0 radical (unpaired) electrons. The van der Waals surface area contributed by atoms with Crippen LogP contribution in [0.15, 0.2) is 24.3 Å². The zero-order valence-corrected chi connectivity index (χ0v) is 18.1. The van der Waals surface area contributed by atoms with Crippen LogP contribution in [0.25, 0.3) is 0 Å². The van der Waals surface area contributed by atoms with Crippen molar-refractivity contribution >= 4 is 29.6 Å². The summed E-state index contributed by atoms with van der Waals surface area (Å²) in [5, 5.41) is 3.10. The number of nitrogens with one attached hydrogen (secondary N) is 1. The first kappa shape index (κ1) is 24.1. The highest BCUT2D eigenvalue weighted by Gasteiger charge is 2.52. The minimum absolute atomic E-state index is 0.274. The van der Waals surface area contributed by atoms with E-state index in [2.05, 4.69) is 5.32 Å². The third-order valence-electron chi connectivity index (χ3n) is 4.32. The number of benzene rings is 1. The SMILES string of the molecule is CC(=O)OC[C@@H]1O[C@H](Nc2cccc(C)c2)[C@H](OC(C)=O)[C@@H](OC(C)=O)[C@@H]1OC(C)=O. The first-order valence-corrected chi connectivity index (χ1v) is 9.70. The van der Waals surface area contributed by atoms with Gasteiger partial charge in [0.05, 0.1) is 0 Å². The van der Waals surface area contributed by atoms with Crippen molar-refractivity contribution < 1.29 is 42.9 Å². The van der Waals surface area contributed by atoms with Gasteiger partial charge in [-0.25, -0.2) is 0 Å². The van der Waals surface area contributed by atoms with Crippen LogP contribution in [0.5, 0.6) is 0 Å². The Kier molecular flexibility index (Phi) is 8.38. The number of hydrogen-bond acceptors (Lipinski definition) is 10. The van der Waals surface area contributed by atoms with Gasteiger partial charge in [0, 0.05) is 33.4 Å². The van der Waals surface area contributed by atoms with E-state index < -0.39 is 54.5 Å². The molecule has 1 aromatic carbocycles. The Labute approximate surface area is 180 Å². The smallest absolute Gasteiger partial charge is 0.303 e. The Balaban J connectivity index is 2.44. The molecule has 1 N–H and O–H groups in total. The molecule has 1 saturated heterocycles. The molecule has 0 amide bonds. The van der Waals surface area contributed by atoms with Crippen LogP contribution in [0.2, 0.25) is 0 Å². The largest absolute Gasteiger partial charge is 0.463 e. The Bertz CT molecular complexity index is 825. The first-order chi connectivity index (χ1) is 14.6. The lowest BCUT2D eigenvalue weighted by molar-refractivity contribution is -0.247. The van der Waals surface area contributed by atoms with Gasteiger partial charge in [0.2, 0.25) is 0 Å². The van der Waals surface area contributed by atoms with Crippen LogP contribution < -0.4 is 5.32 Å². The van der Waals surface area contributed by atoms with Crippen molar-refractivity contribution in [2.45, 2.75) is 65.3 Å². The van der Waals surface area contributed by atoms with Gasteiger partial charge < -0.3 is 29.0 Å². The van der Waals surface area contributed by atoms with Crippen LogP contribution in [0, 0.1) is 6.92 Å². The number of carbonyl (C=O) groups is 4. The molecule has 1 heterocycles. The van der Waals surface area contributed by atoms with Crippen molar-refractivity contribution in [3.8, 4) is 0 Å². The average Bonchev–Trinajstić information content (AvgIpc) is 2.64. The van der Waals surface area contributed by atoms with Crippen LogP contribution in [-0.4, -0.2) is 61.1 Å². The zero-order valence-electron chi connectivity index (χ0n) is 18.1. The van der Waals surface area contributed by atoms with E-state index in [-0.39, 0.29) is 6.61 Å². The summed E-state index contributed by atoms with van der Waals surface area (Å²) in [7, 11) is 0. The van der Waals surface area contributed by atoms with E-state index in [4.69, 9.17) is 23.7 Å². The molecule has 170 valence electrons. The molecule has 1 fully saturated rings. The number of carbonyl (C=O) groups excluding carboxylic acids is 4. The number of aryl methyl sites for hydroxylation is 1. The fourth-order valence-electron chi connectivity index (χ4n) is 3.24. The first-order valence-electron chi connectivity index (χ1n) is 9.70. The van der Waals surface area contributed by atoms with Crippen molar-refractivity contribution in [1.82, 2.24) is 0 Å². The van der Waals surface area contributed by atoms with Crippen molar-refractivity contribution in [2.75, 3.05) is 11.9 Å². The molecule has 5 atom stereocenters. The Morgan fingerprint density at radius 3 is 2.00 bits per heavy atom. The molecule has 31 heavy (non-hydrogen) atoms. The predicted molar refractivity (Wildman–Crippen MR) is 107 cm³/mol. The van der Waals surface area contributed by atoms with Crippen molar-refractivity contribution in [1.29, 1.82) is 0 Å². The van der Waals surface area contributed by atoms with Gasteiger partial charge in [-0.15, -0.1) is 0 Å². The summed E-state index contributed by atoms with van der Waals surface area (Å²) in [6.07, 6.45) is -5.53.